The van der Waals surface area contributed by atoms with Gasteiger partial charge in [0.15, 0.2) is 0 Å². The van der Waals surface area contributed by atoms with Crippen molar-refractivity contribution in [2.75, 3.05) is 25.0 Å². The van der Waals surface area contributed by atoms with Crippen molar-refractivity contribution in [1.82, 2.24) is 5.32 Å². The zero-order valence-electron chi connectivity index (χ0n) is 12.1. The van der Waals surface area contributed by atoms with Gasteiger partial charge < -0.3 is 15.7 Å². The lowest BCUT2D eigenvalue weighted by Crippen LogP contribution is -2.36. The summed E-state index contributed by atoms with van der Waals surface area (Å²) in [5.74, 6) is 0.829. The third kappa shape index (κ3) is 5.09. The van der Waals surface area contributed by atoms with Gasteiger partial charge in [-0.3, -0.25) is 4.79 Å². The van der Waals surface area contributed by atoms with Crippen LogP contribution in [0.5, 0.6) is 0 Å². The van der Waals surface area contributed by atoms with E-state index in [2.05, 4.69) is 26.6 Å². The molecule has 1 aromatic carbocycles. The summed E-state index contributed by atoms with van der Waals surface area (Å²) in [7, 11) is 0. The number of aliphatic hydroxyl groups is 1. The van der Waals surface area contributed by atoms with Gasteiger partial charge in [0, 0.05) is 11.1 Å². The van der Waals surface area contributed by atoms with Crippen molar-refractivity contribution < 1.29 is 9.90 Å². The molecule has 4 nitrogen and oxygen atoms in total. The van der Waals surface area contributed by atoms with Crippen LogP contribution in [0.2, 0.25) is 0 Å². The molecule has 0 aliphatic heterocycles. The molecule has 1 fully saturated rings. The number of carbonyl (C=O) groups is 1. The maximum absolute atomic E-state index is 11.9. The fraction of sp³-hybridized carbons (Fsp3) is 0.562. The van der Waals surface area contributed by atoms with Gasteiger partial charge in [0.2, 0.25) is 5.91 Å². The van der Waals surface area contributed by atoms with E-state index in [0.717, 1.165) is 29.5 Å². The molecule has 116 valence electrons. The molecule has 0 aromatic heterocycles. The molecule has 0 bridgehead atoms. The van der Waals surface area contributed by atoms with Gasteiger partial charge in [-0.15, -0.1) is 0 Å². The highest BCUT2D eigenvalue weighted by atomic mass is 79.9. The Morgan fingerprint density at radius 2 is 1.95 bits per heavy atom. The van der Waals surface area contributed by atoms with Gasteiger partial charge in [-0.25, -0.2) is 0 Å². The van der Waals surface area contributed by atoms with Crippen LogP contribution in [0, 0.1) is 11.8 Å². The van der Waals surface area contributed by atoms with Crippen molar-refractivity contribution in [3.63, 3.8) is 0 Å². The summed E-state index contributed by atoms with van der Waals surface area (Å²) in [6, 6.07) is 7.57. The summed E-state index contributed by atoms with van der Waals surface area (Å²) >= 11 is 3.41. The standard InChI is InChI=1S/C16H23BrN2O2/c17-14-7-3-4-8-15(14)19-16(21)10-18-9-12-5-1-2-6-13(12)11-20/h3-4,7-8,12-13,18,20H,1-2,5-6,9-11H2,(H,19,21). The Balaban J connectivity index is 1.73. The molecule has 2 unspecified atom stereocenters. The molecule has 21 heavy (non-hydrogen) atoms. The van der Waals surface area contributed by atoms with Crippen LogP contribution >= 0.6 is 15.9 Å². The minimum absolute atomic E-state index is 0.0433. The number of hydrogen-bond donors (Lipinski definition) is 3. The van der Waals surface area contributed by atoms with Crippen LogP contribution in [0.1, 0.15) is 25.7 Å². The van der Waals surface area contributed by atoms with E-state index in [1.54, 1.807) is 0 Å². The first-order chi connectivity index (χ1) is 10.2. The molecule has 0 spiro atoms. The molecule has 1 aliphatic rings. The fourth-order valence-electron chi connectivity index (χ4n) is 2.92. The second kappa shape index (κ2) is 8.51. The molecule has 5 heteroatoms. The Morgan fingerprint density at radius 1 is 1.24 bits per heavy atom. The first kappa shape index (κ1) is 16.5. The quantitative estimate of drug-likeness (QED) is 0.735. The number of halogens is 1. The molecule has 1 saturated carbocycles. The van der Waals surface area contributed by atoms with Crippen molar-refractivity contribution in [1.29, 1.82) is 0 Å². The van der Waals surface area contributed by atoms with Gasteiger partial charge in [-0.05, 0) is 59.3 Å². The number of amides is 1. The average molecular weight is 355 g/mol. The van der Waals surface area contributed by atoms with E-state index >= 15 is 0 Å². The molecule has 1 aliphatic carbocycles. The lowest BCUT2D eigenvalue weighted by molar-refractivity contribution is -0.115. The molecular formula is C16H23BrN2O2. The fourth-order valence-corrected chi connectivity index (χ4v) is 3.31. The molecular weight excluding hydrogens is 332 g/mol. The topological polar surface area (TPSA) is 61.4 Å². The number of hydrogen-bond acceptors (Lipinski definition) is 3. The SMILES string of the molecule is O=C(CNCC1CCCCC1CO)Nc1ccccc1Br. The largest absolute Gasteiger partial charge is 0.396 e. The number of carbonyl (C=O) groups excluding carboxylic acids is 1. The van der Waals surface area contributed by atoms with Crippen LogP contribution in [0.25, 0.3) is 0 Å². The Morgan fingerprint density at radius 3 is 2.67 bits per heavy atom. The first-order valence-corrected chi connectivity index (χ1v) is 8.36. The lowest BCUT2D eigenvalue weighted by atomic mass is 9.79. The van der Waals surface area contributed by atoms with Crippen LogP contribution in [0.4, 0.5) is 5.69 Å². The number of anilines is 1. The van der Waals surface area contributed by atoms with Crippen LogP contribution < -0.4 is 10.6 Å². The zero-order valence-corrected chi connectivity index (χ0v) is 13.7. The van der Waals surface area contributed by atoms with Gasteiger partial charge in [0.25, 0.3) is 0 Å². The molecule has 0 heterocycles. The molecule has 1 amide bonds. The van der Waals surface area contributed by atoms with Crippen LogP contribution in [-0.4, -0.2) is 30.7 Å². The summed E-state index contributed by atoms with van der Waals surface area (Å²) in [5, 5.41) is 15.5. The van der Waals surface area contributed by atoms with Crippen LogP contribution in [-0.2, 0) is 4.79 Å². The summed E-state index contributed by atoms with van der Waals surface area (Å²) in [5.41, 5.74) is 0.787. The number of benzene rings is 1. The second-order valence-electron chi connectivity index (χ2n) is 5.65. The van der Waals surface area contributed by atoms with E-state index in [-0.39, 0.29) is 12.5 Å². The van der Waals surface area contributed by atoms with Crippen molar-refractivity contribution in [2.45, 2.75) is 25.7 Å². The summed E-state index contributed by atoms with van der Waals surface area (Å²) in [6.45, 7) is 1.36. The number of para-hydroxylation sites is 1. The minimum Gasteiger partial charge on any atom is -0.396 e. The highest BCUT2D eigenvalue weighted by Crippen LogP contribution is 2.29. The monoisotopic (exact) mass is 354 g/mol. The molecule has 2 atom stereocenters. The number of rotatable bonds is 6. The normalized spacial score (nSPS) is 22.0. The predicted molar refractivity (Wildman–Crippen MR) is 88.2 cm³/mol. The smallest absolute Gasteiger partial charge is 0.238 e. The maximum Gasteiger partial charge on any atom is 0.238 e. The number of aliphatic hydroxyl groups excluding tert-OH is 1. The van der Waals surface area contributed by atoms with Crippen LogP contribution in [0.15, 0.2) is 28.7 Å². The maximum atomic E-state index is 11.9. The Hall–Kier alpha value is -0.910. The Kier molecular flexibility index (Phi) is 6.67. The van der Waals surface area contributed by atoms with Gasteiger partial charge >= 0.3 is 0 Å². The molecule has 0 radical (unpaired) electrons. The zero-order chi connectivity index (χ0) is 15.1. The van der Waals surface area contributed by atoms with Crippen LogP contribution in [0.3, 0.4) is 0 Å². The molecule has 0 saturated heterocycles. The lowest BCUT2D eigenvalue weighted by Gasteiger charge is -2.30. The molecule has 1 aromatic rings. The Bertz CT molecular complexity index is 467. The van der Waals surface area contributed by atoms with E-state index < -0.39 is 0 Å². The number of nitrogens with one attached hydrogen (secondary N) is 2. The predicted octanol–water partition coefficient (Wildman–Crippen LogP) is 2.78. The van der Waals surface area contributed by atoms with Gasteiger partial charge in [-0.2, -0.15) is 0 Å². The van der Waals surface area contributed by atoms with E-state index in [1.165, 1.54) is 12.8 Å². The van der Waals surface area contributed by atoms with Crippen molar-refractivity contribution in [3.05, 3.63) is 28.7 Å². The average Bonchev–Trinajstić information content (AvgIpc) is 2.50. The summed E-state index contributed by atoms with van der Waals surface area (Å²) in [6.07, 6.45) is 4.69. The third-order valence-corrected chi connectivity index (χ3v) is 4.83. The van der Waals surface area contributed by atoms with Gasteiger partial charge in [-0.1, -0.05) is 25.0 Å². The van der Waals surface area contributed by atoms with Crippen molar-refractivity contribution >= 4 is 27.5 Å². The van der Waals surface area contributed by atoms with Gasteiger partial charge in [0.1, 0.15) is 0 Å². The van der Waals surface area contributed by atoms with Gasteiger partial charge in [0.05, 0.1) is 12.2 Å². The minimum atomic E-state index is -0.0433. The molecule has 2 rings (SSSR count). The highest BCUT2D eigenvalue weighted by molar-refractivity contribution is 9.10. The van der Waals surface area contributed by atoms with E-state index in [9.17, 15) is 9.90 Å². The highest BCUT2D eigenvalue weighted by Gasteiger charge is 2.24. The second-order valence-corrected chi connectivity index (χ2v) is 6.50. The third-order valence-electron chi connectivity index (χ3n) is 4.14. The van der Waals surface area contributed by atoms with E-state index in [4.69, 9.17) is 0 Å². The molecule has 3 N–H and O–H groups in total. The van der Waals surface area contributed by atoms with E-state index in [1.807, 2.05) is 24.3 Å². The van der Waals surface area contributed by atoms with Crippen molar-refractivity contribution in [2.24, 2.45) is 11.8 Å². The summed E-state index contributed by atoms with van der Waals surface area (Å²) in [4.78, 5) is 11.9. The Labute approximate surface area is 134 Å². The van der Waals surface area contributed by atoms with E-state index in [0.29, 0.717) is 18.4 Å². The van der Waals surface area contributed by atoms with Crippen molar-refractivity contribution in [3.8, 4) is 0 Å². The first-order valence-electron chi connectivity index (χ1n) is 7.56. The summed E-state index contributed by atoms with van der Waals surface area (Å²) < 4.78 is 0.881.